The van der Waals surface area contributed by atoms with Gasteiger partial charge in [0.15, 0.2) is 0 Å². The highest BCUT2D eigenvalue weighted by Gasteiger charge is 2.47. The highest BCUT2D eigenvalue weighted by atomic mass is 16.5. The molecule has 3 aromatic rings. The number of amides is 3. The van der Waals surface area contributed by atoms with Crippen LogP contribution in [0.3, 0.4) is 0 Å². The van der Waals surface area contributed by atoms with Crippen LogP contribution in [0.5, 0.6) is 0 Å². The number of hydrogen-bond donors (Lipinski definition) is 0. The maximum Gasteiger partial charge on any atom is 0.328 e. The molecule has 18 heteroatoms. The lowest BCUT2D eigenvalue weighted by Gasteiger charge is -2.43. The van der Waals surface area contributed by atoms with Crippen molar-refractivity contribution in [1.29, 1.82) is 0 Å². The van der Waals surface area contributed by atoms with Gasteiger partial charge in [-0.15, -0.1) is 0 Å². The summed E-state index contributed by atoms with van der Waals surface area (Å²) < 4.78 is 17.4. The van der Waals surface area contributed by atoms with Crippen molar-refractivity contribution in [2.45, 2.75) is 204 Å². The molecule has 0 spiro atoms. The second-order valence-corrected chi connectivity index (χ2v) is 25.7. The van der Waals surface area contributed by atoms with E-state index in [-0.39, 0.29) is 62.5 Å². The molecule has 0 N–H and O–H groups in total. The van der Waals surface area contributed by atoms with Crippen molar-refractivity contribution < 1.29 is 57.4 Å². The number of Topliss-reactive ketones (excluding diaryl/α,β-unsaturated/α-hetero) is 3. The summed E-state index contributed by atoms with van der Waals surface area (Å²) in [6, 6.07) is 9.06. The standard InChI is InChI=1S/C69H92N6O12/c76-61(53-21-4-1-5-22-53)65(80)74-38-32-56(43-59(74)68(83)85-40-9-2-3-15-48-17-11-34-70-45-48)52-26-30-55(31-27-52)63(78)66(81)75-39-33-57(44-60(75)69(84)86-41-10-7-16-49-18-12-35-71-46-49)51-24-28-54(29-25-51)62(77)64(79)73-37-8-6-23-58(73)67(82)87-42-14-20-50-19-13-36-72-47-50/h11-13,17-19,34-36,45-47,51-60H,1-10,14-16,20-33,37-44H2. The van der Waals surface area contributed by atoms with E-state index in [1.807, 2.05) is 48.8 Å². The van der Waals surface area contributed by atoms with Gasteiger partial charge < -0.3 is 28.9 Å². The van der Waals surface area contributed by atoms with Gasteiger partial charge in [-0.2, -0.15) is 0 Å². The van der Waals surface area contributed by atoms with Crippen molar-refractivity contribution in [3.8, 4) is 0 Å². The SMILES string of the molecule is O=C(C(=O)N1CCCCC1C(=O)OCCCc1cccnc1)C1CCC(C2CCN(C(=O)C(=O)C3CCC(C4CCN(C(=O)C(=O)C5CCCCC5)C(C(=O)OCCCCCc5cccnc5)C4)CC3)C(C(=O)OCCCCc3cccnc3)C2)CC1. The fourth-order valence-corrected chi connectivity index (χ4v) is 15.0. The molecule has 3 saturated heterocycles. The Kier molecular flexibility index (Phi) is 24.6. The number of rotatable bonds is 26. The zero-order chi connectivity index (χ0) is 60.9. The van der Waals surface area contributed by atoms with Crippen molar-refractivity contribution in [3.05, 3.63) is 90.3 Å². The van der Waals surface area contributed by atoms with E-state index >= 15 is 0 Å². The molecule has 3 amide bonds. The largest absolute Gasteiger partial charge is 0.464 e. The number of carbonyl (C=O) groups excluding carboxylic acids is 9. The summed E-state index contributed by atoms with van der Waals surface area (Å²) in [5.74, 6) is -5.72. The fourth-order valence-electron chi connectivity index (χ4n) is 15.0. The predicted octanol–water partition coefficient (Wildman–Crippen LogP) is 9.37. The van der Waals surface area contributed by atoms with Gasteiger partial charge in [0.2, 0.25) is 17.3 Å². The van der Waals surface area contributed by atoms with Gasteiger partial charge in [-0.1, -0.05) is 37.5 Å². The van der Waals surface area contributed by atoms with Gasteiger partial charge in [0.1, 0.15) is 18.1 Å². The first kappa shape index (κ1) is 64.7. The van der Waals surface area contributed by atoms with E-state index in [2.05, 4.69) is 15.0 Å². The summed E-state index contributed by atoms with van der Waals surface area (Å²) in [6.45, 7) is 1.40. The number of pyridine rings is 3. The Morgan fingerprint density at radius 2 is 0.747 bits per heavy atom. The molecule has 6 heterocycles. The molecule has 0 aromatic carbocycles. The summed E-state index contributed by atoms with van der Waals surface area (Å²) in [7, 11) is 0. The van der Waals surface area contributed by atoms with Crippen LogP contribution in [0.25, 0.3) is 0 Å². The molecule has 0 radical (unpaired) electrons. The molecule has 87 heavy (non-hydrogen) atoms. The molecular weight excluding hydrogens is 1100 g/mol. The van der Waals surface area contributed by atoms with E-state index in [0.29, 0.717) is 135 Å². The van der Waals surface area contributed by atoms with E-state index in [1.54, 1.807) is 24.8 Å². The minimum Gasteiger partial charge on any atom is -0.464 e. The quantitative estimate of drug-likeness (QED) is 0.0315. The van der Waals surface area contributed by atoms with E-state index in [0.717, 1.165) is 74.5 Å². The molecule has 6 aliphatic rings. The lowest BCUT2D eigenvalue weighted by molar-refractivity contribution is -0.162. The van der Waals surface area contributed by atoms with Crippen LogP contribution in [-0.4, -0.2) is 140 Å². The number of hydrogen-bond acceptors (Lipinski definition) is 15. The molecule has 0 bridgehead atoms. The van der Waals surface area contributed by atoms with Gasteiger partial charge in [-0.3, -0.25) is 43.7 Å². The average Bonchev–Trinajstić information content (AvgIpc) is 2.24. The second kappa shape index (κ2) is 33.0. The third-order valence-electron chi connectivity index (χ3n) is 20.1. The first-order valence-electron chi connectivity index (χ1n) is 33.1. The first-order chi connectivity index (χ1) is 42.4. The van der Waals surface area contributed by atoms with E-state index in [4.69, 9.17) is 14.2 Å². The van der Waals surface area contributed by atoms with Crippen molar-refractivity contribution in [1.82, 2.24) is 29.7 Å². The zero-order valence-corrected chi connectivity index (χ0v) is 51.0. The van der Waals surface area contributed by atoms with Crippen LogP contribution in [0.15, 0.2) is 73.6 Å². The maximum atomic E-state index is 14.5. The minimum absolute atomic E-state index is 0.0185. The van der Waals surface area contributed by atoms with Gasteiger partial charge in [0.25, 0.3) is 17.7 Å². The molecule has 3 aliphatic heterocycles. The third-order valence-corrected chi connectivity index (χ3v) is 20.1. The number of likely N-dealkylation sites (tertiary alicyclic amines) is 3. The Bertz CT molecular complexity index is 2760. The third kappa shape index (κ3) is 18.0. The van der Waals surface area contributed by atoms with Crippen molar-refractivity contribution in [3.63, 3.8) is 0 Å². The van der Waals surface area contributed by atoms with Crippen molar-refractivity contribution in [2.24, 2.45) is 41.4 Å². The summed E-state index contributed by atoms with van der Waals surface area (Å²) in [6.07, 6.45) is 30.1. The normalized spacial score (nSPS) is 25.4. The number of esters is 3. The highest BCUT2D eigenvalue weighted by molar-refractivity contribution is 6.38. The first-order valence-corrected chi connectivity index (χ1v) is 33.1. The Morgan fingerprint density at radius 3 is 1.20 bits per heavy atom. The van der Waals surface area contributed by atoms with Crippen LogP contribution in [0.1, 0.15) is 184 Å². The van der Waals surface area contributed by atoms with Gasteiger partial charge in [-0.25, -0.2) is 14.4 Å². The summed E-state index contributed by atoms with van der Waals surface area (Å²) in [5.41, 5.74) is 3.28. The molecule has 9 rings (SSSR count). The molecular formula is C69H92N6O12. The Hall–Kier alpha value is -6.72. The van der Waals surface area contributed by atoms with Crippen LogP contribution in [0, 0.1) is 41.4 Å². The number of unbranched alkanes of at least 4 members (excludes halogenated alkanes) is 3. The minimum atomic E-state index is -0.955. The Morgan fingerprint density at radius 1 is 0.368 bits per heavy atom. The fraction of sp³-hybridized carbons (Fsp3) is 0.652. The molecule has 5 unspecified atom stereocenters. The molecule has 470 valence electrons. The molecule has 3 saturated carbocycles. The monoisotopic (exact) mass is 1200 g/mol. The summed E-state index contributed by atoms with van der Waals surface area (Å²) >= 11 is 0. The second-order valence-electron chi connectivity index (χ2n) is 25.7. The lowest BCUT2D eigenvalue weighted by atomic mass is 9.70. The van der Waals surface area contributed by atoms with Crippen LogP contribution in [-0.2, 0) is 76.6 Å². The van der Waals surface area contributed by atoms with Crippen LogP contribution >= 0.6 is 0 Å². The summed E-state index contributed by atoms with van der Waals surface area (Å²) in [5, 5.41) is 0. The predicted molar refractivity (Wildman–Crippen MR) is 323 cm³/mol. The number of nitrogens with zero attached hydrogens (tertiary/aromatic N) is 6. The molecule has 5 atom stereocenters. The highest BCUT2D eigenvalue weighted by Crippen LogP contribution is 2.43. The van der Waals surface area contributed by atoms with Crippen LogP contribution in [0.4, 0.5) is 0 Å². The number of piperidine rings is 3. The number of ether oxygens (including phenoxy) is 3. The number of ketones is 3. The molecule has 3 aliphatic carbocycles. The smallest absolute Gasteiger partial charge is 0.328 e. The zero-order valence-electron chi connectivity index (χ0n) is 51.0. The Labute approximate surface area is 513 Å². The topological polar surface area (TPSA) is 230 Å². The van der Waals surface area contributed by atoms with Crippen LogP contribution in [0.2, 0.25) is 0 Å². The van der Waals surface area contributed by atoms with E-state index in [1.165, 1.54) is 14.7 Å². The molecule has 3 aromatic heterocycles. The van der Waals surface area contributed by atoms with E-state index < -0.39 is 82.9 Å². The van der Waals surface area contributed by atoms with Crippen molar-refractivity contribution in [2.75, 3.05) is 39.5 Å². The molecule has 18 nitrogen and oxygen atoms in total. The number of aryl methyl sites for hydroxylation is 3. The summed E-state index contributed by atoms with van der Waals surface area (Å²) in [4.78, 5) is 143. The van der Waals surface area contributed by atoms with Gasteiger partial charge in [0, 0.05) is 74.6 Å². The number of aromatic nitrogens is 3. The van der Waals surface area contributed by atoms with Crippen molar-refractivity contribution >= 4 is 53.0 Å². The maximum absolute atomic E-state index is 14.5. The number of carbonyl (C=O) groups is 9. The average molecular weight is 1200 g/mol. The molecule has 6 fully saturated rings. The lowest BCUT2D eigenvalue weighted by Crippen LogP contribution is -2.55. The van der Waals surface area contributed by atoms with Gasteiger partial charge >= 0.3 is 17.9 Å². The van der Waals surface area contributed by atoms with Gasteiger partial charge in [-0.05, 0) is 226 Å². The Balaban J connectivity index is 0.778. The van der Waals surface area contributed by atoms with E-state index in [9.17, 15) is 43.2 Å². The van der Waals surface area contributed by atoms with Crippen LogP contribution < -0.4 is 0 Å². The van der Waals surface area contributed by atoms with Gasteiger partial charge in [0.05, 0.1) is 19.8 Å².